The highest BCUT2D eigenvalue weighted by molar-refractivity contribution is 4.83. The van der Waals surface area contributed by atoms with E-state index < -0.39 is 0 Å². The van der Waals surface area contributed by atoms with E-state index in [0.29, 0.717) is 0 Å². The zero-order valence-corrected chi connectivity index (χ0v) is 8.71. The first-order valence-electron chi connectivity index (χ1n) is 5.93. The smallest absolute Gasteiger partial charge is 0.0543 e. The molecule has 2 aliphatic carbocycles. The van der Waals surface area contributed by atoms with Gasteiger partial charge in [-0.05, 0) is 49.9 Å². The molecular formula is C12H22O. The Kier molecular flexibility index (Phi) is 2.92. The third-order valence-electron chi connectivity index (χ3n) is 4.17. The van der Waals surface area contributed by atoms with Crippen molar-refractivity contribution in [2.24, 2.45) is 17.8 Å². The molecule has 2 aliphatic rings. The van der Waals surface area contributed by atoms with E-state index in [-0.39, 0.29) is 6.10 Å². The molecule has 0 radical (unpaired) electrons. The summed E-state index contributed by atoms with van der Waals surface area (Å²) in [6.45, 7) is 2.37. The Labute approximate surface area is 81.5 Å². The van der Waals surface area contributed by atoms with Gasteiger partial charge in [-0.25, -0.2) is 0 Å². The van der Waals surface area contributed by atoms with E-state index in [2.05, 4.69) is 6.92 Å². The van der Waals surface area contributed by atoms with Gasteiger partial charge >= 0.3 is 0 Å². The molecule has 0 aromatic heterocycles. The van der Waals surface area contributed by atoms with Crippen molar-refractivity contribution in [3.63, 3.8) is 0 Å². The number of aliphatic hydroxyl groups excluding tert-OH is 1. The molecule has 0 bridgehead atoms. The first-order valence-corrected chi connectivity index (χ1v) is 5.93. The van der Waals surface area contributed by atoms with E-state index in [1.165, 1.54) is 32.1 Å². The molecular weight excluding hydrogens is 160 g/mol. The molecule has 0 amide bonds. The molecule has 13 heavy (non-hydrogen) atoms. The highest BCUT2D eigenvalue weighted by Gasteiger charge is 2.31. The lowest BCUT2D eigenvalue weighted by Crippen LogP contribution is -2.19. The maximum Gasteiger partial charge on any atom is 0.0543 e. The highest BCUT2D eigenvalue weighted by atomic mass is 16.3. The molecule has 0 aliphatic heterocycles. The van der Waals surface area contributed by atoms with Crippen LogP contribution in [-0.2, 0) is 0 Å². The molecule has 0 heterocycles. The van der Waals surface area contributed by atoms with Crippen LogP contribution in [0.25, 0.3) is 0 Å². The quantitative estimate of drug-likeness (QED) is 0.661. The average molecular weight is 182 g/mol. The topological polar surface area (TPSA) is 20.2 Å². The Bertz CT molecular complexity index is 159. The summed E-state index contributed by atoms with van der Waals surface area (Å²) < 4.78 is 0. The first-order chi connectivity index (χ1) is 6.25. The van der Waals surface area contributed by atoms with Gasteiger partial charge in [0, 0.05) is 0 Å². The van der Waals surface area contributed by atoms with E-state index in [9.17, 15) is 5.11 Å². The van der Waals surface area contributed by atoms with E-state index in [1.54, 1.807) is 0 Å². The van der Waals surface area contributed by atoms with Crippen LogP contribution in [0.15, 0.2) is 0 Å². The Hall–Kier alpha value is -0.0400. The van der Waals surface area contributed by atoms with Crippen LogP contribution in [0.5, 0.6) is 0 Å². The Morgan fingerprint density at radius 2 is 1.46 bits per heavy atom. The van der Waals surface area contributed by atoms with Crippen molar-refractivity contribution in [2.45, 2.75) is 58.0 Å². The molecule has 2 atom stereocenters. The first kappa shape index (κ1) is 9.51. The van der Waals surface area contributed by atoms with Crippen molar-refractivity contribution >= 4 is 0 Å². The third kappa shape index (κ3) is 2.25. The van der Waals surface area contributed by atoms with E-state index in [1.807, 2.05) is 0 Å². The minimum Gasteiger partial charge on any atom is -0.393 e. The van der Waals surface area contributed by atoms with Gasteiger partial charge in [-0.1, -0.05) is 19.8 Å². The summed E-state index contributed by atoms with van der Waals surface area (Å²) in [4.78, 5) is 0. The van der Waals surface area contributed by atoms with Crippen molar-refractivity contribution < 1.29 is 5.11 Å². The average Bonchev–Trinajstić information content (AvgIpc) is 2.53. The van der Waals surface area contributed by atoms with Gasteiger partial charge in [0.25, 0.3) is 0 Å². The number of rotatable bonds is 1. The van der Waals surface area contributed by atoms with Gasteiger partial charge < -0.3 is 5.11 Å². The standard InChI is InChI=1S/C12H22O/c1-9-2-4-10(5-3-9)11-6-7-12(13)8-11/h9-13H,2-8H2,1H3. The highest BCUT2D eigenvalue weighted by Crippen LogP contribution is 2.40. The van der Waals surface area contributed by atoms with Crippen LogP contribution in [0.2, 0.25) is 0 Å². The van der Waals surface area contributed by atoms with Crippen molar-refractivity contribution in [2.75, 3.05) is 0 Å². The molecule has 2 fully saturated rings. The van der Waals surface area contributed by atoms with Gasteiger partial charge in [-0.3, -0.25) is 0 Å². The van der Waals surface area contributed by atoms with Crippen molar-refractivity contribution in [3.8, 4) is 0 Å². The summed E-state index contributed by atoms with van der Waals surface area (Å²) in [5.74, 6) is 2.78. The Balaban J connectivity index is 1.81. The summed E-state index contributed by atoms with van der Waals surface area (Å²) in [5.41, 5.74) is 0. The molecule has 2 unspecified atom stereocenters. The summed E-state index contributed by atoms with van der Waals surface area (Å²) in [5, 5.41) is 9.48. The van der Waals surface area contributed by atoms with Crippen LogP contribution in [0.3, 0.4) is 0 Å². The number of hydrogen-bond donors (Lipinski definition) is 1. The molecule has 0 spiro atoms. The van der Waals surface area contributed by atoms with Crippen molar-refractivity contribution in [3.05, 3.63) is 0 Å². The molecule has 1 nitrogen and oxygen atoms in total. The van der Waals surface area contributed by atoms with E-state index in [0.717, 1.165) is 30.6 Å². The molecule has 2 saturated carbocycles. The van der Waals surface area contributed by atoms with Gasteiger partial charge in [0.2, 0.25) is 0 Å². The molecule has 2 rings (SSSR count). The number of hydrogen-bond acceptors (Lipinski definition) is 1. The lowest BCUT2D eigenvalue weighted by molar-refractivity contribution is 0.157. The summed E-state index contributed by atoms with van der Waals surface area (Å²) in [7, 11) is 0. The fourth-order valence-electron chi connectivity index (χ4n) is 3.18. The zero-order chi connectivity index (χ0) is 9.26. The van der Waals surface area contributed by atoms with Gasteiger partial charge in [0.1, 0.15) is 0 Å². The molecule has 1 N–H and O–H groups in total. The lowest BCUT2D eigenvalue weighted by Gasteiger charge is -2.30. The predicted octanol–water partition coefficient (Wildman–Crippen LogP) is 2.97. The van der Waals surface area contributed by atoms with Crippen LogP contribution in [0.1, 0.15) is 51.9 Å². The Morgan fingerprint density at radius 1 is 0.846 bits per heavy atom. The second-order valence-corrected chi connectivity index (χ2v) is 5.25. The maximum atomic E-state index is 9.48. The fourth-order valence-corrected chi connectivity index (χ4v) is 3.18. The second kappa shape index (κ2) is 4.00. The largest absolute Gasteiger partial charge is 0.393 e. The molecule has 0 aromatic rings. The summed E-state index contributed by atoms with van der Waals surface area (Å²) >= 11 is 0. The van der Waals surface area contributed by atoms with Gasteiger partial charge in [-0.2, -0.15) is 0 Å². The number of aliphatic hydroxyl groups is 1. The fraction of sp³-hybridized carbons (Fsp3) is 1.00. The Morgan fingerprint density at radius 3 is 2.00 bits per heavy atom. The van der Waals surface area contributed by atoms with Crippen LogP contribution < -0.4 is 0 Å². The minimum absolute atomic E-state index is 0.0318. The van der Waals surface area contributed by atoms with Gasteiger partial charge in [-0.15, -0.1) is 0 Å². The van der Waals surface area contributed by atoms with Crippen molar-refractivity contribution in [1.82, 2.24) is 0 Å². The van der Waals surface area contributed by atoms with Crippen LogP contribution in [-0.4, -0.2) is 11.2 Å². The lowest BCUT2D eigenvalue weighted by atomic mass is 9.76. The normalized spacial score (nSPS) is 46.6. The van der Waals surface area contributed by atoms with Crippen LogP contribution >= 0.6 is 0 Å². The molecule has 0 aromatic carbocycles. The summed E-state index contributed by atoms with van der Waals surface area (Å²) in [6, 6.07) is 0. The summed E-state index contributed by atoms with van der Waals surface area (Å²) in [6.07, 6.45) is 9.20. The third-order valence-corrected chi connectivity index (χ3v) is 4.17. The van der Waals surface area contributed by atoms with E-state index in [4.69, 9.17) is 0 Å². The van der Waals surface area contributed by atoms with Gasteiger partial charge in [0.15, 0.2) is 0 Å². The van der Waals surface area contributed by atoms with E-state index >= 15 is 0 Å². The van der Waals surface area contributed by atoms with Crippen LogP contribution in [0, 0.1) is 17.8 Å². The monoisotopic (exact) mass is 182 g/mol. The minimum atomic E-state index is 0.0318. The zero-order valence-electron chi connectivity index (χ0n) is 8.71. The molecule has 1 heteroatoms. The maximum absolute atomic E-state index is 9.48. The second-order valence-electron chi connectivity index (χ2n) is 5.25. The SMILES string of the molecule is CC1CCC(C2CCC(O)C2)CC1. The van der Waals surface area contributed by atoms with Crippen LogP contribution in [0.4, 0.5) is 0 Å². The molecule has 0 saturated heterocycles. The predicted molar refractivity (Wildman–Crippen MR) is 54.5 cm³/mol. The van der Waals surface area contributed by atoms with Crippen molar-refractivity contribution in [1.29, 1.82) is 0 Å². The van der Waals surface area contributed by atoms with Gasteiger partial charge in [0.05, 0.1) is 6.10 Å². The molecule has 76 valence electrons.